The first kappa shape index (κ1) is 9.64. The highest BCUT2D eigenvalue weighted by atomic mass is 16.5. The summed E-state index contributed by atoms with van der Waals surface area (Å²) in [5.74, 6) is 1.24. The molecule has 0 radical (unpaired) electrons. The molecule has 0 aromatic heterocycles. The zero-order valence-electron chi connectivity index (χ0n) is 9.49. The van der Waals surface area contributed by atoms with Crippen LogP contribution in [0, 0.1) is 5.92 Å². The Balaban J connectivity index is 2.22. The van der Waals surface area contributed by atoms with Gasteiger partial charge >= 0.3 is 0 Å². The van der Waals surface area contributed by atoms with Gasteiger partial charge in [-0.2, -0.15) is 0 Å². The second kappa shape index (κ2) is 2.97. The van der Waals surface area contributed by atoms with E-state index in [1.54, 1.807) is 7.11 Å². The Labute approximate surface area is 94.9 Å². The van der Waals surface area contributed by atoms with Gasteiger partial charge in [0.25, 0.3) is 0 Å². The van der Waals surface area contributed by atoms with Gasteiger partial charge in [0, 0.05) is 5.92 Å². The van der Waals surface area contributed by atoms with Gasteiger partial charge in [0.1, 0.15) is 5.75 Å². The molecule has 82 valence electrons. The van der Waals surface area contributed by atoms with Crippen LogP contribution >= 0.6 is 0 Å². The molecule has 2 aliphatic carbocycles. The molecule has 0 saturated heterocycles. The van der Waals surface area contributed by atoms with Crippen molar-refractivity contribution in [3.63, 3.8) is 0 Å². The van der Waals surface area contributed by atoms with Crippen LogP contribution in [-0.2, 0) is 16.6 Å². The third-order valence-electron chi connectivity index (χ3n) is 3.83. The van der Waals surface area contributed by atoms with E-state index in [0.29, 0.717) is 5.78 Å². The number of benzene rings is 1. The van der Waals surface area contributed by atoms with E-state index in [1.807, 2.05) is 25.1 Å². The Morgan fingerprint density at radius 3 is 3.00 bits per heavy atom. The fraction of sp³-hybridized carbons (Fsp3) is 0.357. The lowest BCUT2D eigenvalue weighted by Gasteiger charge is -2.30. The molecule has 16 heavy (non-hydrogen) atoms. The van der Waals surface area contributed by atoms with Crippen LogP contribution in [0.15, 0.2) is 30.4 Å². The van der Waals surface area contributed by atoms with Crippen molar-refractivity contribution in [3.05, 3.63) is 41.5 Å². The highest BCUT2D eigenvalue weighted by Gasteiger charge is 2.46. The van der Waals surface area contributed by atoms with E-state index in [1.165, 1.54) is 5.56 Å². The summed E-state index contributed by atoms with van der Waals surface area (Å²) in [7, 11) is 1.65. The second-order valence-corrected chi connectivity index (χ2v) is 4.76. The van der Waals surface area contributed by atoms with Crippen molar-refractivity contribution >= 4 is 5.78 Å². The number of hydrogen-bond acceptors (Lipinski definition) is 2. The van der Waals surface area contributed by atoms with Crippen molar-refractivity contribution in [2.24, 2.45) is 5.92 Å². The molecule has 3 rings (SSSR count). The molecule has 2 bridgehead atoms. The van der Waals surface area contributed by atoms with Gasteiger partial charge in [0.15, 0.2) is 5.78 Å². The zero-order chi connectivity index (χ0) is 11.3. The fourth-order valence-electron chi connectivity index (χ4n) is 2.83. The topological polar surface area (TPSA) is 26.3 Å². The molecule has 2 atom stereocenters. The number of Topliss-reactive ketones (excluding diaryl/α,β-unsaturated/α-hetero) is 1. The third-order valence-corrected chi connectivity index (χ3v) is 3.83. The molecule has 2 heteroatoms. The minimum atomic E-state index is -0.424. The summed E-state index contributed by atoms with van der Waals surface area (Å²) in [5.41, 5.74) is 1.96. The lowest BCUT2D eigenvalue weighted by Crippen LogP contribution is -2.36. The monoisotopic (exact) mass is 214 g/mol. The molecular formula is C14H14O2. The summed E-state index contributed by atoms with van der Waals surface area (Å²) in [5, 5.41) is 0. The Morgan fingerprint density at radius 1 is 1.44 bits per heavy atom. The fourth-order valence-corrected chi connectivity index (χ4v) is 2.83. The van der Waals surface area contributed by atoms with E-state index in [-0.39, 0.29) is 5.92 Å². The molecule has 0 heterocycles. The normalized spacial score (nSPS) is 30.4. The summed E-state index contributed by atoms with van der Waals surface area (Å²) in [6, 6.07) is 6.05. The Kier molecular flexibility index (Phi) is 1.79. The minimum Gasteiger partial charge on any atom is -0.497 e. The van der Waals surface area contributed by atoms with Crippen molar-refractivity contribution in [1.82, 2.24) is 0 Å². The third kappa shape index (κ3) is 1.04. The van der Waals surface area contributed by atoms with Gasteiger partial charge in [0.05, 0.1) is 12.5 Å². The maximum Gasteiger partial charge on any atom is 0.154 e. The van der Waals surface area contributed by atoms with Gasteiger partial charge in [-0.1, -0.05) is 18.2 Å². The summed E-state index contributed by atoms with van der Waals surface area (Å²) in [6.45, 7) is 2.00. The lowest BCUT2D eigenvalue weighted by atomic mass is 9.71. The van der Waals surface area contributed by atoms with E-state index < -0.39 is 5.41 Å². The van der Waals surface area contributed by atoms with Crippen molar-refractivity contribution in [1.29, 1.82) is 0 Å². The Hall–Kier alpha value is -1.57. The van der Waals surface area contributed by atoms with Crippen LogP contribution in [0.3, 0.4) is 0 Å². The first-order valence-corrected chi connectivity index (χ1v) is 5.56. The van der Waals surface area contributed by atoms with Crippen molar-refractivity contribution in [2.45, 2.75) is 18.8 Å². The molecular weight excluding hydrogens is 200 g/mol. The van der Waals surface area contributed by atoms with Gasteiger partial charge in [0.2, 0.25) is 0 Å². The summed E-state index contributed by atoms with van der Waals surface area (Å²) in [6.07, 6.45) is 4.93. The summed E-state index contributed by atoms with van der Waals surface area (Å²) >= 11 is 0. The average molecular weight is 214 g/mol. The lowest BCUT2D eigenvalue weighted by molar-refractivity contribution is -0.124. The predicted octanol–water partition coefficient (Wildman–Crippen LogP) is 2.26. The van der Waals surface area contributed by atoms with Gasteiger partial charge in [-0.15, -0.1) is 0 Å². The molecule has 0 fully saturated rings. The van der Waals surface area contributed by atoms with Crippen LogP contribution in [0.5, 0.6) is 5.75 Å². The van der Waals surface area contributed by atoms with Crippen LogP contribution in [0.1, 0.15) is 18.1 Å². The number of carbonyl (C=O) groups excluding carboxylic acids is 1. The zero-order valence-corrected chi connectivity index (χ0v) is 9.49. The van der Waals surface area contributed by atoms with Crippen molar-refractivity contribution < 1.29 is 9.53 Å². The molecule has 2 unspecified atom stereocenters. The molecule has 2 aliphatic rings. The molecule has 1 aromatic carbocycles. The number of rotatable bonds is 1. The summed E-state index contributed by atoms with van der Waals surface area (Å²) < 4.78 is 5.23. The maximum absolute atomic E-state index is 12.2. The van der Waals surface area contributed by atoms with E-state index in [9.17, 15) is 4.79 Å². The summed E-state index contributed by atoms with van der Waals surface area (Å²) in [4.78, 5) is 12.2. The van der Waals surface area contributed by atoms with Gasteiger partial charge < -0.3 is 4.74 Å². The molecule has 0 spiro atoms. The quantitative estimate of drug-likeness (QED) is 0.670. The number of ether oxygens (including phenoxy) is 1. The molecule has 0 aliphatic heterocycles. The van der Waals surface area contributed by atoms with Crippen LogP contribution < -0.4 is 4.74 Å². The second-order valence-electron chi connectivity index (χ2n) is 4.76. The highest BCUT2D eigenvalue weighted by molar-refractivity contribution is 5.99. The van der Waals surface area contributed by atoms with Crippen LogP contribution in [0.2, 0.25) is 0 Å². The highest BCUT2D eigenvalue weighted by Crippen LogP contribution is 2.44. The standard InChI is InChI=1S/C14H14O2/c1-14-6-5-10(13(14)15)7-9-3-4-11(16-2)8-12(9)14/h3-6,8,10H,7H2,1-2H3. The largest absolute Gasteiger partial charge is 0.497 e. The van der Waals surface area contributed by atoms with Crippen molar-refractivity contribution in [3.8, 4) is 5.75 Å². The number of ketones is 1. The minimum absolute atomic E-state index is 0.0888. The first-order valence-electron chi connectivity index (χ1n) is 5.56. The van der Waals surface area contributed by atoms with E-state index in [4.69, 9.17) is 4.74 Å². The van der Waals surface area contributed by atoms with E-state index in [0.717, 1.165) is 17.7 Å². The molecule has 1 aromatic rings. The predicted molar refractivity (Wildman–Crippen MR) is 61.7 cm³/mol. The smallest absolute Gasteiger partial charge is 0.154 e. The average Bonchev–Trinajstić information content (AvgIpc) is 2.50. The number of fused-ring (bicyclic) bond motifs is 4. The molecule has 0 saturated carbocycles. The van der Waals surface area contributed by atoms with Crippen molar-refractivity contribution in [2.75, 3.05) is 7.11 Å². The molecule has 0 N–H and O–H groups in total. The molecule has 0 amide bonds. The van der Waals surface area contributed by atoms with E-state index >= 15 is 0 Å². The number of allylic oxidation sites excluding steroid dienone is 2. The SMILES string of the molecule is COc1ccc2c(c1)C1(C)C=CC(C2)C1=O. The first-order chi connectivity index (χ1) is 7.65. The Bertz CT molecular complexity index is 501. The maximum atomic E-state index is 12.2. The van der Waals surface area contributed by atoms with Crippen LogP contribution in [-0.4, -0.2) is 12.9 Å². The van der Waals surface area contributed by atoms with Gasteiger partial charge in [-0.25, -0.2) is 0 Å². The Morgan fingerprint density at radius 2 is 2.25 bits per heavy atom. The van der Waals surface area contributed by atoms with Crippen LogP contribution in [0.4, 0.5) is 0 Å². The van der Waals surface area contributed by atoms with E-state index in [2.05, 4.69) is 12.1 Å². The van der Waals surface area contributed by atoms with Gasteiger partial charge in [-0.3, -0.25) is 4.79 Å². The van der Waals surface area contributed by atoms with Gasteiger partial charge in [-0.05, 0) is 36.6 Å². The molecule has 2 nitrogen and oxygen atoms in total. The number of methoxy groups -OCH3 is 1. The van der Waals surface area contributed by atoms with Crippen LogP contribution in [0.25, 0.3) is 0 Å². The number of carbonyl (C=O) groups is 1. The number of hydrogen-bond donors (Lipinski definition) is 0.